The predicted octanol–water partition coefficient (Wildman–Crippen LogP) is 4.21. The molecular weight excluding hydrogens is 442 g/mol. The van der Waals surface area contributed by atoms with Gasteiger partial charge in [-0.3, -0.25) is 4.79 Å². The molecule has 1 aromatic heterocycles. The van der Waals surface area contributed by atoms with Crippen molar-refractivity contribution >= 4 is 49.1 Å². The number of nitrogens with zero attached hydrogens (tertiary/aromatic N) is 3. The van der Waals surface area contributed by atoms with Gasteiger partial charge in [-0.1, -0.05) is 0 Å². The van der Waals surface area contributed by atoms with Gasteiger partial charge in [-0.05, 0) is 50.1 Å². The Labute approximate surface area is 155 Å². The summed E-state index contributed by atoms with van der Waals surface area (Å²) in [6, 6.07) is 5.01. The Bertz CT molecular complexity index is 841. The van der Waals surface area contributed by atoms with Crippen LogP contribution < -0.4 is 14.4 Å². The summed E-state index contributed by atoms with van der Waals surface area (Å²) in [5.41, 5.74) is 1.34. The molecule has 1 aliphatic heterocycles. The summed E-state index contributed by atoms with van der Waals surface area (Å²) >= 11 is 6.80. The molecule has 1 aromatic carbocycles. The third-order valence-corrected chi connectivity index (χ3v) is 4.66. The molecule has 0 N–H and O–H groups in total. The molecule has 8 heteroatoms. The van der Waals surface area contributed by atoms with Gasteiger partial charge in [0.15, 0.2) is 0 Å². The largest absolute Gasteiger partial charge is 0.494 e. The van der Waals surface area contributed by atoms with Crippen LogP contribution in [0.2, 0.25) is 0 Å². The van der Waals surface area contributed by atoms with Crippen LogP contribution in [0.15, 0.2) is 33.3 Å². The van der Waals surface area contributed by atoms with Crippen LogP contribution in [0.1, 0.15) is 10.4 Å². The van der Waals surface area contributed by atoms with Crippen LogP contribution in [0, 0.1) is 6.57 Å². The lowest BCUT2D eigenvalue weighted by Gasteiger charge is -2.29. The van der Waals surface area contributed by atoms with Crippen molar-refractivity contribution in [3.63, 3.8) is 0 Å². The zero-order valence-electron chi connectivity index (χ0n) is 12.5. The normalized spacial score (nSPS) is 12.8. The summed E-state index contributed by atoms with van der Waals surface area (Å²) in [5.74, 6) is 0.770. The minimum atomic E-state index is -0.201. The third-order valence-electron chi connectivity index (χ3n) is 3.49. The van der Waals surface area contributed by atoms with E-state index in [9.17, 15) is 4.79 Å². The number of fused-ring (bicyclic) bond motifs is 1. The van der Waals surface area contributed by atoms with Gasteiger partial charge in [-0.15, -0.1) is 0 Å². The molecule has 0 fully saturated rings. The number of methoxy groups -OCH3 is 1. The number of rotatable bonds is 2. The summed E-state index contributed by atoms with van der Waals surface area (Å²) in [7, 11) is 1.56. The number of amides is 1. The van der Waals surface area contributed by atoms with E-state index in [4.69, 9.17) is 16.0 Å². The molecule has 0 atom stereocenters. The van der Waals surface area contributed by atoms with E-state index in [1.807, 2.05) is 0 Å². The minimum Gasteiger partial charge on any atom is -0.494 e. The fourth-order valence-corrected chi connectivity index (χ4v) is 3.91. The van der Waals surface area contributed by atoms with Gasteiger partial charge >= 0.3 is 0 Å². The molecular formula is C16H11Br2N3O3. The summed E-state index contributed by atoms with van der Waals surface area (Å²) in [5, 5.41) is 0. The molecule has 6 nitrogen and oxygen atoms in total. The van der Waals surface area contributed by atoms with E-state index in [0.29, 0.717) is 50.7 Å². The average Bonchev–Trinajstić information content (AvgIpc) is 2.59. The van der Waals surface area contributed by atoms with Gasteiger partial charge in [0, 0.05) is 11.8 Å². The summed E-state index contributed by atoms with van der Waals surface area (Å²) in [6.45, 7) is 7.85. The van der Waals surface area contributed by atoms with Gasteiger partial charge in [-0.2, -0.15) is 0 Å². The van der Waals surface area contributed by atoms with Crippen LogP contribution in [0.4, 0.5) is 11.4 Å². The molecule has 1 aliphatic rings. The first kappa shape index (κ1) is 16.7. The highest BCUT2D eigenvalue weighted by Gasteiger charge is 2.27. The third kappa shape index (κ3) is 2.97. The maximum absolute atomic E-state index is 12.9. The van der Waals surface area contributed by atoms with Gasteiger partial charge in [0.1, 0.15) is 12.4 Å². The molecule has 0 saturated carbocycles. The molecule has 3 rings (SSSR count). The van der Waals surface area contributed by atoms with Gasteiger partial charge in [0.05, 0.1) is 34.9 Å². The number of hydrogen-bond acceptors (Lipinski definition) is 4. The van der Waals surface area contributed by atoms with Crippen molar-refractivity contribution in [1.29, 1.82) is 0 Å². The molecule has 122 valence electrons. The Kier molecular flexibility index (Phi) is 4.73. The van der Waals surface area contributed by atoms with E-state index in [1.54, 1.807) is 30.2 Å². The van der Waals surface area contributed by atoms with Crippen LogP contribution in [0.5, 0.6) is 11.6 Å². The number of hydrogen-bond donors (Lipinski definition) is 0. The Balaban J connectivity index is 2.02. The second kappa shape index (κ2) is 6.79. The van der Waals surface area contributed by atoms with Gasteiger partial charge in [0.25, 0.3) is 5.91 Å². The van der Waals surface area contributed by atoms with E-state index in [2.05, 4.69) is 41.7 Å². The van der Waals surface area contributed by atoms with E-state index in [0.717, 1.165) is 0 Å². The number of aromatic nitrogens is 1. The standard InChI is InChI=1S/C16H11Br2N3O3/c1-19-10-7-13-15(20-8-10)24-4-3-21(13)16(22)9-5-11(17)14(23-2)12(18)6-9/h5-8H,3-4H2,2H3. The molecule has 0 bridgehead atoms. The van der Waals surface area contributed by atoms with E-state index in [-0.39, 0.29) is 5.91 Å². The van der Waals surface area contributed by atoms with Crippen LogP contribution in [-0.2, 0) is 0 Å². The van der Waals surface area contributed by atoms with Crippen molar-refractivity contribution in [2.24, 2.45) is 0 Å². The van der Waals surface area contributed by atoms with E-state index >= 15 is 0 Å². The Morgan fingerprint density at radius 2 is 2.08 bits per heavy atom. The topological polar surface area (TPSA) is 56.0 Å². The van der Waals surface area contributed by atoms with Crippen molar-refractivity contribution in [3.8, 4) is 11.6 Å². The van der Waals surface area contributed by atoms with Gasteiger partial charge in [-0.25, -0.2) is 9.83 Å². The number of halogens is 2. The second-order valence-electron chi connectivity index (χ2n) is 4.91. The zero-order valence-corrected chi connectivity index (χ0v) is 15.7. The first-order chi connectivity index (χ1) is 11.5. The number of benzene rings is 1. The number of pyridine rings is 1. The van der Waals surface area contributed by atoms with Crippen molar-refractivity contribution in [1.82, 2.24) is 4.98 Å². The fraction of sp³-hybridized carbons (Fsp3) is 0.188. The molecule has 24 heavy (non-hydrogen) atoms. The van der Waals surface area contributed by atoms with Crippen molar-refractivity contribution in [2.45, 2.75) is 0 Å². The predicted molar refractivity (Wildman–Crippen MR) is 96.1 cm³/mol. The Morgan fingerprint density at radius 1 is 1.38 bits per heavy atom. The summed E-state index contributed by atoms with van der Waals surface area (Å²) in [4.78, 5) is 22.0. The second-order valence-corrected chi connectivity index (χ2v) is 6.62. The van der Waals surface area contributed by atoms with Crippen molar-refractivity contribution in [2.75, 3.05) is 25.2 Å². The first-order valence-electron chi connectivity index (χ1n) is 6.90. The monoisotopic (exact) mass is 451 g/mol. The number of carbonyl (C=O) groups excluding carboxylic acids is 1. The van der Waals surface area contributed by atoms with Crippen LogP contribution in [0.25, 0.3) is 4.85 Å². The SMILES string of the molecule is [C-]#[N+]c1cnc2c(c1)N(C(=O)c1cc(Br)c(OC)c(Br)c1)CCO2. The quantitative estimate of drug-likeness (QED) is 0.640. The Hall–Kier alpha value is -2.11. The number of carbonyl (C=O) groups is 1. The van der Waals surface area contributed by atoms with Gasteiger partial charge in [0.2, 0.25) is 11.6 Å². The molecule has 0 spiro atoms. The van der Waals surface area contributed by atoms with Crippen molar-refractivity contribution < 1.29 is 14.3 Å². The molecule has 0 saturated heterocycles. The number of anilines is 1. The maximum Gasteiger partial charge on any atom is 0.258 e. The molecule has 2 heterocycles. The highest BCUT2D eigenvalue weighted by molar-refractivity contribution is 9.11. The molecule has 1 amide bonds. The minimum absolute atomic E-state index is 0.201. The highest BCUT2D eigenvalue weighted by atomic mass is 79.9. The fourth-order valence-electron chi connectivity index (χ4n) is 2.39. The maximum atomic E-state index is 12.9. The zero-order chi connectivity index (χ0) is 17.3. The van der Waals surface area contributed by atoms with Crippen LogP contribution in [-0.4, -0.2) is 31.2 Å². The van der Waals surface area contributed by atoms with Crippen molar-refractivity contribution in [3.05, 3.63) is 50.3 Å². The highest BCUT2D eigenvalue weighted by Crippen LogP contribution is 2.37. The summed E-state index contributed by atoms with van der Waals surface area (Å²) < 4.78 is 12.1. The lowest BCUT2D eigenvalue weighted by atomic mass is 10.1. The van der Waals surface area contributed by atoms with Crippen LogP contribution in [0.3, 0.4) is 0 Å². The molecule has 0 radical (unpaired) electrons. The lowest BCUT2D eigenvalue weighted by Crippen LogP contribution is -2.38. The summed E-state index contributed by atoms with van der Waals surface area (Å²) in [6.07, 6.45) is 1.43. The smallest absolute Gasteiger partial charge is 0.258 e. The van der Waals surface area contributed by atoms with E-state index < -0.39 is 0 Å². The number of ether oxygens (including phenoxy) is 2. The first-order valence-corrected chi connectivity index (χ1v) is 8.49. The average molecular weight is 453 g/mol. The Morgan fingerprint density at radius 3 is 2.71 bits per heavy atom. The lowest BCUT2D eigenvalue weighted by molar-refractivity contribution is 0.0975. The van der Waals surface area contributed by atoms with Crippen LogP contribution >= 0.6 is 31.9 Å². The van der Waals surface area contributed by atoms with E-state index in [1.165, 1.54) is 6.20 Å². The molecule has 0 unspecified atom stereocenters. The molecule has 2 aromatic rings. The molecule has 0 aliphatic carbocycles. The van der Waals surface area contributed by atoms with Gasteiger partial charge < -0.3 is 14.4 Å².